The smallest absolute Gasteiger partial charge is 0.142 e. The molecule has 0 bridgehead atoms. The maximum Gasteiger partial charge on any atom is 0.142 e. The van der Waals surface area contributed by atoms with Gasteiger partial charge in [-0.05, 0) is 49.2 Å². The van der Waals surface area contributed by atoms with Crippen LogP contribution in [0.15, 0.2) is 48.5 Å². The second-order valence-electron chi connectivity index (χ2n) is 5.89. The summed E-state index contributed by atoms with van der Waals surface area (Å²) in [5.41, 5.74) is 0.971. The second kappa shape index (κ2) is 9.18. The van der Waals surface area contributed by atoms with Crippen molar-refractivity contribution < 1.29 is 18.9 Å². The van der Waals surface area contributed by atoms with E-state index >= 15 is 0 Å². The van der Waals surface area contributed by atoms with Crippen molar-refractivity contribution in [2.75, 3.05) is 38.8 Å². The van der Waals surface area contributed by atoms with Crippen LogP contribution in [-0.2, 0) is 4.74 Å². The molecule has 1 aliphatic heterocycles. The Morgan fingerprint density at radius 3 is 2.60 bits per heavy atom. The molecule has 3 rings (SSSR count). The van der Waals surface area contributed by atoms with Gasteiger partial charge in [0.2, 0.25) is 0 Å². The molecule has 134 valence electrons. The highest BCUT2D eigenvalue weighted by molar-refractivity contribution is 5.56. The topological polar surface area (TPSA) is 49.0 Å². The van der Waals surface area contributed by atoms with Crippen LogP contribution >= 0.6 is 0 Å². The summed E-state index contributed by atoms with van der Waals surface area (Å²) < 4.78 is 22.4. The van der Waals surface area contributed by atoms with E-state index in [2.05, 4.69) is 5.32 Å². The van der Waals surface area contributed by atoms with Gasteiger partial charge in [0.15, 0.2) is 0 Å². The Kier molecular flexibility index (Phi) is 6.40. The third-order valence-corrected chi connectivity index (χ3v) is 4.08. The summed E-state index contributed by atoms with van der Waals surface area (Å²) in [5, 5.41) is 3.37. The Morgan fingerprint density at radius 2 is 1.84 bits per heavy atom. The van der Waals surface area contributed by atoms with Crippen molar-refractivity contribution in [3.63, 3.8) is 0 Å². The maximum absolute atomic E-state index is 5.92. The molecule has 1 saturated heterocycles. The Morgan fingerprint density at radius 1 is 1.04 bits per heavy atom. The van der Waals surface area contributed by atoms with Gasteiger partial charge in [-0.15, -0.1) is 0 Å². The number of benzene rings is 2. The SMILES string of the molecule is COc1ccc(OCCNc2ccccc2OCC2CCCO2)cc1. The van der Waals surface area contributed by atoms with Crippen LogP contribution in [0.4, 0.5) is 5.69 Å². The van der Waals surface area contributed by atoms with Crippen molar-refractivity contribution in [2.45, 2.75) is 18.9 Å². The molecule has 0 radical (unpaired) electrons. The van der Waals surface area contributed by atoms with Crippen molar-refractivity contribution in [3.05, 3.63) is 48.5 Å². The number of hydrogen-bond acceptors (Lipinski definition) is 5. The predicted molar refractivity (Wildman–Crippen MR) is 97.9 cm³/mol. The molecule has 1 aliphatic rings. The number of ether oxygens (including phenoxy) is 4. The molecule has 1 N–H and O–H groups in total. The average Bonchev–Trinajstić information content (AvgIpc) is 3.18. The molecular weight excluding hydrogens is 318 g/mol. The van der Waals surface area contributed by atoms with Gasteiger partial charge in [-0.25, -0.2) is 0 Å². The molecule has 0 spiro atoms. The van der Waals surface area contributed by atoms with Crippen LogP contribution in [0.2, 0.25) is 0 Å². The largest absolute Gasteiger partial charge is 0.497 e. The van der Waals surface area contributed by atoms with Gasteiger partial charge in [-0.2, -0.15) is 0 Å². The number of anilines is 1. The van der Waals surface area contributed by atoms with Crippen LogP contribution in [0, 0.1) is 0 Å². The summed E-state index contributed by atoms with van der Waals surface area (Å²) >= 11 is 0. The van der Waals surface area contributed by atoms with Crippen molar-refractivity contribution in [1.82, 2.24) is 0 Å². The van der Waals surface area contributed by atoms with Crippen molar-refractivity contribution in [3.8, 4) is 17.2 Å². The lowest BCUT2D eigenvalue weighted by Crippen LogP contribution is -2.17. The number of nitrogens with one attached hydrogen (secondary N) is 1. The first-order chi connectivity index (χ1) is 12.3. The van der Waals surface area contributed by atoms with Crippen LogP contribution in [0.5, 0.6) is 17.2 Å². The zero-order valence-electron chi connectivity index (χ0n) is 14.6. The molecule has 0 aromatic heterocycles. The molecule has 2 aromatic rings. The van der Waals surface area contributed by atoms with E-state index in [0.717, 1.165) is 42.4 Å². The Balaban J connectivity index is 1.44. The van der Waals surface area contributed by atoms with Crippen LogP contribution < -0.4 is 19.5 Å². The Hall–Kier alpha value is -2.40. The van der Waals surface area contributed by atoms with Gasteiger partial charge in [0, 0.05) is 13.2 Å². The van der Waals surface area contributed by atoms with Crippen LogP contribution in [-0.4, -0.2) is 39.6 Å². The summed E-state index contributed by atoms with van der Waals surface area (Å²) in [6, 6.07) is 15.5. The van der Waals surface area contributed by atoms with E-state index < -0.39 is 0 Å². The average molecular weight is 343 g/mol. The van der Waals surface area contributed by atoms with E-state index in [9.17, 15) is 0 Å². The highest BCUT2D eigenvalue weighted by atomic mass is 16.5. The fourth-order valence-electron chi connectivity index (χ4n) is 2.72. The van der Waals surface area contributed by atoms with Crippen LogP contribution in [0.1, 0.15) is 12.8 Å². The first kappa shape index (κ1) is 17.4. The standard InChI is InChI=1S/C20H25NO4/c1-22-16-8-10-17(11-9-16)24-14-12-21-19-6-2-3-7-20(19)25-15-18-5-4-13-23-18/h2-3,6-11,18,21H,4-5,12-15H2,1H3. The predicted octanol–water partition coefficient (Wildman–Crippen LogP) is 3.74. The van der Waals surface area contributed by atoms with Gasteiger partial charge in [0.25, 0.3) is 0 Å². The highest BCUT2D eigenvalue weighted by Crippen LogP contribution is 2.25. The molecule has 1 atom stereocenters. The quantitative estimate of drug-likeness (QED) is 0.703. The second-order valence-corrected chi connectivity index (χ2v) is 5.89. The molecule has 0 amide bonds. The Bertz CT molecular complexity index is 638. The van der Waals surface area contributed by atoms with E-state index in [0.29, 0.717) is 19.8 Å². The van der Waals surface area contributed by atoms with Crippen molar-refractivity contribution >= 4 is 5.69 Å². The molecular formula is C20H25NO4. The molecule has 5 heteroatoms. The summed E-state index contributed by atoms with van der Waals surface area (Å²) in [6.45, 7) is 2.69. The number of methoxy groups -OCH3 is 1. The van der Waals surface area contributed by atoms with Gasteiger partial charge in [-0.1, -0.05) is 12.1 Å². The van der Waals surface area contributed by atoms with E-state index in [1.807, 2.05) is 48.5 Å². The first-order valence-corrected chi connectivity index (χ1v) is 8.69. The molecule has 1 heterocycles. The van der Waals surface area contributed by atoms with Crippen LogP contribution in [0.25, 0.3) is 0 Å². The highest BCUT2D eigenvalue weighted by Gasteiger charge is 2.16. The fourth-order valence-corrected chi connectivity index (χ4v) is 2.72. The normalized spacial score (nSPS) is 16.4. The number of hydrogen-bond donors (Lipinski definition) is 1. The maximum atomic E-state index is 5.92. The number of para-hydroxylation sites is 2. The first-order valence-electron chi connectivity index (χ1n) is 8.69. The lowest BCUT2D eigenvalue weighted by Gasteiger charge is -2.16. The lowest BCUT2D eigenvalue weighted by molar-refractivity contribution is 0.0682. The van der Waals surface area contributed by atoms with Crippen molar-refractivity contribution in [2.24, 2.45) is 0 Å². The van der Waals surface area contributed by atoms with E-state index in [4.69, 9.17) is 18.9 Å². The minimum absolute atomic E-state index is 0.214. The molecule has 1 unspecified atom stereocenters. The summed E-state index contributed by atoms with van der Waals surface area (Å²) in [6.07, 6.45) is 2.41. The van der Waals surface area contributed by atoms with E-state index in [1.54, 1.807) is 7.11 Å². The minimum atomic E-state index is 0.214. The summed E-state index contributed by atoms with van der Waals surface area (Å²) in [5.74, 6) is 2.50. The third kappa shape index (κ3) is 5.29. The zero-order valence-corrected chi connectivity index (χ0v) is 14.6. The monoisotopic (exact) mass is 343 g/mol. The fraction of sp³-hybridized carbons (Fsp3) is 0.400. The molecule has 0 aliphatic carbocycles. The van der Waals surface area contributed by atoms with Crippen molar-refractivity contribution in [1.29, 1.82) is 0 Å². The summed E-state index contributed by atoms with van der Waals surface area (Å²) in [7, 11) is 1.65. The van der Waals surface area contributed by atoms with Gasteiger partial charge in [0.05, 0.1) is 18.9 Å². The van der Waals surface area contributed by atoms with Gasteiger partial charge < -0.3 is 24.3 Å². The summed E-state index contributed by atoms with van der Waals surface area (Å²) in [4.78, 5) is 0. The molecule has 0 saturated carbocycles. The molecule has 5 nitrogen and oxygen atoms in total. The minimum Gasteiger partial charge on any atom is -0.497 e. The molecule has 1 fully saturated rings. The zero-order chi connectivity index (χ0) is 17.3. The van der Waals surface area contributed by atoms with Crippen LogP contribution in [0.3, 0.4) is 0 Å². The van der Waals surface area contributed by atoms with Gasteiger partial charge in [0.1, 0.15) is 30.5 Å². The van der Waals surface area contributed by atoms with E-state index in [-0.39, 0.29) is 6.10 Å². The van der Waals surface area contributed by atoms with Gasteiger partial charge >= 0.3 is 0 Å². The Labute approximate surface area is 148 Å². The molecule has 2 aromatic carbocycles. The van der Waals surface area contributed by atoms with E-state index in [1.165, 1.54) is 0 Å². The lowest BCUT2D eigenvalue weighted by atomic mass is 10.2. The molecule has 25 heavy (non-hydrogen) atoms. The number of rotatable bonds is 9. The van der Waals surface area contributed by atoms with Gasteiger partial charge in [-0.3, -0.25) is 0 Å². The third-order valence-electron chi connectivity index (χ3n) is 4.08.